The fourth-order valence-electron chi connectivity index (χ4n) is 2.91. The first-order chi connectivity index (χ1) is 11.1. The molecule has 0 aliphatic carbocycles. The second kappa shape index (κ2) is 6.49. The highest BCUT2D eigenvalue weighted by Gasteiger charge is 2.34. The minimum absolute atomic E-state index is 0.0979. The van der Waals surface area contributed by atoms with Crippen LogP contribution in [0.5, 0.6) is 0 Å². The van der Waals surface area contributed by atoms with Gasteiger partial charge in [0, 0.05) is 26.1 Å². The highest BCUT2D eigenvalue weighted by molar-refractivity contribution is 5.94. The Labute approximate surface area is 134 Å². The monoisotopic (exact) mass is 319 g/mol. The van der Waals surface area contributed by atoms with Crippen LogP contribution < -0.4 is 0 Å². The molecular formula is C15H21N5O3. The Kier molecular flexibility index (Phi) is 4.42. The quantitative estimate of drug-likeness (QED) is 0.898. The lowest BCUT2D eigenvalue weighted by atomic mass is 10.00. The third kappa shape index (κ3) is 3.12. The van der Waals surface area contributed by atoms with Crippen molar-refractivity contribution in [3.63, 3.8) is 0 Å². The van der Waals surface area contributed by atoms with Crippen molar-refractivity contribution in [1.29, 1.82) is 0 Å². The first-order valence-corrected chi connectivity index (χ1v) is 7.74. The molecule has 124 valence electrons. The van der Waals surface area contributed by atoms with Crippen molar-refractivity contribution in [2.75, 3.05) is 20.2 Å². The number of carbonyl (C=O) groups excluding carboxylic acids is 1. The van der Waals surface area contributed by atoms with Crippen molar-refractivity contribution in [3.05, 3.63) is 29.7 Å². The molecule has 1 aliphatic heterocycles. The van der Waals surface area contributed by atoms with Crippen LogP contribution >= 0.6 is 0 Å². The second-order valence-corrected chi connectivity index (χ2v) is 6.13. The molecule has 0 radical (unpaired) electrons. The molecule has 2 atom stereocenters. The van der Waals surface area contributed by atoms with Crippen molar-refractivity contribution in [2.45, 2.75) is 38.2 Å². The number of aromatic nitrogens is 4. The highest BCUT2D eigenvalue weighted by atomic mass is 16.5. The number of carbonyl (C=O) groups is 1. The third-order valence-corrected chi connectivity index (χ3v) is 4.17. The largest absolute Gasteiger partial charge is 0.376 e. The molecule has 2 aromatic rings. The van der Waals surface area contributed by atoms with Gasteiger partial charge in [-0.25, -0.2) is 4.98 Å². The van der Waals surface area contributed by atoms with Crippen LogP contribution in [0.1, 0.15) is 54.0 Å². The number of nitrogens with zero attached hydrogens (tertiary/aromatic N) is 4. The predicted molar refractivity (Wildman–Crippen MR) is 81.0 cm³/mol. The maximum absolute atomic E-state index is 12.6. The van der Waals surface area contributed by atoms with Crippen molar-refractivity contribution in [2.24, 2.45) is 0 Å². The number of H-pyrrole nitrogens is 1. The number of likely N-dealkylation sites (N-methyl/N-ethyl adjacent to an activating group) is 1. The van der Waals surface area contributed by atoms with E-state index in [4.69, 9.17) is 9.26 Å². The van der Waals surface area contributed by atoms with Gasteiger partial charge in [-0.2, -0.15) is 5.10 Å². The van der Waals surface area contributed by atoms with E-state index in [2.05, 4.69) is 20.3 Å². The minimum Gasteiger partial charge on any atom is -0.376 e. The normalized spacial score (nSPS) is 21.0. The van der Waals surface area contributed by atoms with E-state index in [0.717, 1.165) is 12.2 Å². The molecule has 23 heavy (non-hydrogen) atoms. The maximum Gasteiger partial charge on any atom is 0.258 e. The van der Waals surface area contributed by atoms with E-state index in [0.29, 0.717) is 24.4 Å². The molecule has 1 aliphatic rings. The number of amides is 1. The fraction of sp³-hybridized carbons (Fsp3) is 0.600. The van der Waals surface area contributed by atoms with Crippen LogP contribution in [-0.2, 0) is 4.74 Å². The summed E-state index contributed by atoms with van der Waals surface area (Å²) >= 11 is 0. The third-order valence-electron chi connectivity index (χ3n) is 4.17. The Morgan fingerprint density at radius 2 is 2.35 bits per heavy atom. The zero-order valence-electron chi connectivity index (χ0n) is 13.5. The first kappa shape index (κ1) is 15.7. The molecule has 1 N–H and O–H groups in total. The highest BCUT2D eigenvalue weighted by Crippen LogP contribution is 2.29. The van der Waals surface area contributed by atoms with Gasteiger partial charge < -0.3 is 14.2 Å². The Morgan fingerprint density at radius 1 is 1.52 bits per heavy atom. The number of hydrogen-bond acceptors (Lipinski definition) is 6. The summed E-state index contributed by atoms with van der Waals surface area (Å²) in [5.41, 5.74) is 1.19. The van der Waals surface area contributed by atoms with Crippen molar-refractivity contribution >= 4 is 5.91 Å². The molecule has 8 heteroatoms. The van der Waals surface area contributed by atoms with E-state index in [9.17, 15) is 4.79 Å². The molecule has 3 rings (SSSR count). The van der Waals surface area contributed by atoms with Gasteiger partial charge in [0.05, 0.1) is 11.8 Å². The van der Waals surface area contributed by atoms with Gasteiger partial charge in [0.15, 0.2) is 0 Å². The Hall–Kier alpha value is -2.22. The van der Waals surface area contributed by atoms with Crippen LogP contribution in [0.15, 0.2) is 17.1 Å². The first-order valence-electron chi connectivity index (χ1n) is 7.74. The van der Waals surface area contributed by atoms with Gasteiger partial charge >= 0.3 is 0 Å². The van der Waals surface area contributed by atoms with E-state index in [1.54, 1.807) is 11.9 Å². The summed E-state index contributed by atoms with van der Waals surface area (Å²) in [5, 5.41) is 10.7. The summed E-state index contributed by atoms with van der Waals surface area (Å²) in [6, 6.07) is 0. The van der Waals surface area contributed by atoms with Crippen molar-refractivity contribution in [1.82, 2.24) is 25.2 Å². The molecule has 0 bridgehead atoms. The van der Waals surface area contributed by atoms with Crippen LogP contribution in [0.25, 0.3) is 0 Å². The van der Waals surface area contributed by atoms with Gasteiger partial charge in [0.25, 0.3) is 5.91 Å². The van der Waals surface area contributed by atoms with Crippen LogP contribution in [0.3, 0.4) is 0 Å². The lowest BCUT2D eigenvalue weighted by Crippen LogP contribution is -2.36. The SMILES string of the molecule is CC(C)c1nocc1C(=O)N(C)C[C@H]1OCC[C@H]1c1ncn[nH]1. The zero-order chi connectivity index (χ0) is 16.4. The van der Waals surface area contributed by atoms with Crippen LogP contribution in [0.2, 0.25) is 0 Å². The van der Waals surface area contributed by atoms with E-state index in [-0.39, 0.29) is 23.8 Å². The lowest BCUT2D eigenvalue weighted by molar-refractivity contribution is 0.0548. The average Bonchev–Trinajstić information content (AvgIpc) is 3.26. The molecule has 8 nitrogen and oxygen atoms in total. The van der Waals surface area contributed by atoms with E-state index in [1.807, 2.05) is 13.8 Å². The summed E-state index contributed by atoms with van der Waals surface area (Å²) in [5.74, 6) is 0.952. The molecule has 2 aromatic heterocycles. The fourth-order valence-corrected chi connectivity index (χ4v) is 2.91. The van der Waals surface area contributed by atoms with Gasteiger partial charge in [-0.15, -0.1) is 0 Å². The summed E-state index contributed by atoms with van der Waals surface area (Å²) in [6.07, 6.45) is 3.68. The van der Waals surface area contributed by atoms with E-state index >= 15 is 0 Å². The van der Waals surface area contributed by atoms with Crippen LogP contribution in [0.4, 0.5) is 0 Å². The second-order valence-electron chi connectivity index (χ2n) is 6.13. The van der Waals surface area contributed by atoms with Crippen LogP contribution in [0, 0.1) is 0 Å². The topological polar surface area (TPSA) is 97.1 Å². The van der Waals surface area contributed by atoms with E-state index in [1.165, 1.54) is 12.6 Å². The van der Waals surface area contributed by atoms with Gasteiger partial charge in [0.2, 0.25) is 0 Å². The molecular weight excluding hydrogens is 298 g/mol. The zero-order valence-corrected chi connectivity index (χ0v) is 13.5. The average molecular weight is 319 g/mol. The number of rotatable bonds is 5. The molecule has 3 heterocycles. The predicted octanol–water partition coefficient (Wildman–Crippen LogP) is 1.56. The molecule has 1 amide bonds. The summed E-state index contributed by atoms with van der Waals surface area (Å²) in [7, 11) is 1.76. The Bertz CT molecular complexity index is 652. The minimum atomic E-state index is -0.109. The van der Waals surface area contributed by atoms with E-state index < -0.39 is 0 Å². The molecule has 0 spiro atoms. The summed E-state index contributed by atoms with van der Waals surface area (Å²) in [6.45, 7) is 5.10. The number of nitrogens with one attached hydrogen (secondary N) is 1. The van der Waals surface area contributed by atoms with Crippen molar-refractivity contribution < 1.29 is 14.1 Å². The molecule has 0 unspecified atom stereocenters. The Balaban J connectivity index is 1.70. The molecule has 0 saturated carbocycles. The molecule has 0 aromatic carbocycles. The molecule has 1 fully saturated rings. The number of aromatic amines is 1. The van der Waals surface area contributed by atoms with Gasteiger partial charge in [0.1, 0.15) is 24.0 Å². The number of hydrogen-bond donors (Lipinski definition) is 1. The van der Waals surface area contributed by atoms with Crippen molar-refractivity contribution in [3.8, 4) is 0 Å². The maximum atomic E-state index is 12.6. The standard InChI is InChI=1S/C15H21N5O3/c1-9(2)13-11(7-23-19-13)15(21)20(3)6-12-10(4-5-22-12)14-16-8-17-18-14/h7-10,12H,4-6H2,1-3H3,(H,16,17,18)/t10-,12-/m1/s1. The molecule has 1 saturated heterocycles. The van der Waals surface area contributed by atoms with Gasteiger partial charge in [-0.3, -0.25) is 9.89 Å². The Morgan fingerprint density at radius 3 is 3.04 bits per heavy atom. The lowest BCUT2D eigenvalue weighted by Gasteiger charge is -2.24. The number of ether oxygens (including phenoxy) is 1. The summed E-state index contributed by atoms with van der Waals surface area (Å²) in [4.78, 5) is 18.5. The van der Waals surface area contributed by atoms with Crippen LogP contribution in [-0.4, -0.2) is 57.4 Å². The smallest absolute Gasteiger partial charge is 0.258 e. The van der Waals surface area contributed by atoms with Gasteiger partial charge in [-0.05, 0) is 12.3 Å². The summed E-state index contributed by atoms with van der Waals surface area (Å²) < 4.78 is 10.8. The van der Waals surface area contributed by atoms with Gasteiger partial charge in [-0.1, -0.05) is 19.0 Å².